The fourth-order valence-electron chi connectivity index (χ4n) is 3.54. The molecule has 136 valence electrons. The van der Waals surface area contributed by atoms with Gasteiger partial charge in [-0.15, -0.1) is 0 Å². The van der Waals surface area contributed by atoms with Gasteiger partial charge in [-0.05, 0) is 31.4 Å². The van der Waals surface area contributed by atoms with Gasteiger partial charge in [-0.2, -0.15) is 4.98 Å². The van der Waals surface area contributed by atoms with E-state index in [1.54, 1.807) is 16.7 Å². The number of H-pyrrole nitrogens is 1. The summed E-state index contributed by atoms with van der Waals surface area (Å²) in [4.78, 5) is 24.4. The van der Waals surface area contributed by atoms with Gasteiger partial charge in [0.1, 0.15) is 5.82 Å². The van der Waals surface area contributed by atoms with Crippen molar-refractivity contribution in [3.8, 4) is 11.8 Å². The van der Waals surface area contributed by atoms with Crippen LogP contribution in [-0.2, 0) is 6.54 Å². The molecular weight excluding hydrogens is 335 g/mol. The Labute approximate surface area is 150 Å². The number of nitrogens with zero attached hydrogens (tertiary/aromatic N) is 3. The molecule has 0 aliphatic heterocycles. The van der Waals surface area contributed by atoms with E-state index in [9.17, 15) is 9.18 Å². The zero-order valence-electron chi connectivity index (χ0n) is 14.7. The minimum atomic E-state index is -0.501. The van der Waals surface area contributed by atoms with Crippen LogP contribution in [0.15, 0.2) is 29.1 Å². The maximum Gasteiger partial charge on any atom is 0.307 e. The van der Waals surface area contributed by atoms with Gasteiger partial charge in [-0.3, -0.25) is 9.36 Å². The van der Waals surface area contributed by atoms with Gasteiger partial charge in [0.15, 0.2) is 22.7 Å². The van der Waals surface area contributed by atoms with E-state index in [2.05, 4.69) is 9.97 Å². The summed E-state index contributed by atoms with van der Waals surface area (Å²) in [6, 6.07) is 6.14. The number of ether oxygens (including phenoxy) is 1. The Hall–Kier alpha value is -2.70. The van der Waals surface area contributed by atoms with Gasteiger partial charge in [0.2, 0.25) is 0 Å². The number of halogens is 1. The number of rotatable bonds is 5. The van der Waals surface area contributed by atoms with Crippen LogP contribution in [0.25, 0.3) is 11.2 Å². The molecule has 0 bridgehead atoms. The minimum Gasteiger partial charge on any atom is -0.422 e. The number of fused-ring (bicyclic) bond motifs is 1. The number of aromatic nitrogens is 4. The fraction of sp³-hybridized carbons (Fsp3) is 0.421. The number of para-hydroxylation sites is 1. The molecule has 1 saturated carbocycles. The SMILES string of the molecule is CCCn1c(Oc2ccccc2F)nc(=O)c2[nH]c(C3CCCC3)nc21. The molecule has 0 unspecified atom stereocenters. The highest BCUT2D eigenvalue weighted by molar-refractivity contribution is 5.70. The number of hydrogen-bond donors (Lipinski definition) is 1. The van der Waals surface area contributed by atoms with Crippen molar-refractivity contribution in [2.75, 3.05) is 0 Å². The molecule has 6 nitrogen and oxygen atoms in total. The van der Waals surface area contributed by atoms with E-state index in [1.165, 1.54) is 25.0 Å². The lowest BCUT2D eigenvalue weighted by Crippen LogP contribution is -2.16. The molecule has 1 fully saturated rings. The van der Waals surface area contributed by atoms with Gasteiger partial charge in [-0.25, -0.2) is 9.37 Å². The van der Waals surface area contributed by atoms with Crippen molar-refractivity contribution < 1.29 is 9.13 Å². The van der Waals surface area contributed by atoms with Gasteiger partial charge in [0.25, 0.3) is 0 Å². The highest BCUT2D eigenvalue weighted by Crippen LogP contribution is 2.33. The first-order valence-corrected chi connectivity index (χ1v) is 9.10. The van der Waals surface area contributed by atoms with Crippen molar-refractivity contribution in [1.82, 2.24) is 19.5 Å². The van der Waals surface area contributed by atoms with E-state index >= 15 is 0 Å². The van der Waals surface area contributed by atoms with Crippen LogP contribution in [0.4, 0.5) is 4.39 Å². The summed E-state index contributed by atoms with van der Waals surface area (Å²) in [5.41, 5.74) is 0.483. The highest BCUT2D eigenvalue weighted by Gasteiger charge is 2.23. The van der Waals surface area contributed by atoms with Crippen molar-refractivity contribution in [1.29, 1.82) is 0 Å². The standard InChI is InChI=1S/C19H21FN4O2/c1-2-11-24-17-15(21-16(22-17)12-7-3-4-8-12)18(25)23-19(24)26-14-10-6-5-9-13(14)20/h5-6,9-10,12H,2-4,7-8,11H2,1H3,(H,21,22). The van der Waals surface area contributed by atoms with Crippen molar-refractivity contribution in [3.05, 3.63) is 46.3 Å². The predicted molar refractivity (Wildman–Crippen MR) is 96.1 cm³/mol. The number of aromatic amines is 1. The Morgan fingerprint density at radius 2 is 2.04 bits per heavy atom. The normalized spacial score (nSPS) is 15.0. The largest absolute Gasteiger partial charge is 0.422 e. The van der Waals surface area contributed by atoms with E-state index in [4.69, 9.17) is 9.72 Å². The maximum absolute atomic E-state index is 14.0. The highest BCUT2D eigenvalue weighted by atomic mass is 19.1. The van der Waals surface area contributed by atoms with Crippen LogP contribution < -0.4 is 10.3 Å². The molecule has 0 spiro atoms. The Balaban J connectivity index is 1.83. The van der Waals surface area contributed by atoms with Crippen LogP contribution in [0.3, 0.4) is 0 Å². The summed E-state index contributed by atoms with van der Waals surface area (Å²) >= 11 is 0. The van der Waals surface area contributed by atoms with Crippen LogP contribution in [0.1, 0.15) is 50.8 Å². The first-order valence-electron chi connectivity index (χ1n) is 9.10. The molecule has 0 saturated heterocycles. The molecule has 1 aromatic carbocycles. The zero-order valence-corrected chi connectivity index (χ0v) is 14.7. The van der Waals surface area contributed by atoms with E-state index in [0.717, 1.165) is 25.1 Å². The number of imidazole rings is 1. The first-order chi connectivity index (χ1) is 12.7. The van der Waals surface area contributed by atoms with E-state index in [0.29, 0.717) is 23.6 Å². The van der Waals surface area contributed by atoms with Gasteiger partial charge in [-0.1, -0.05) is 31.9 Å². The lowest BCUT2D eigenvalue weighted by atomic mass is 10.1. The number of benzene rings is 1. The lowest BCUT2D eigenvalue weighted by molar-refractivity contribution is 0.382. The summed E-state index contributed by atoms with van der Waals surface area (Å²) in [6.45, 7) is 2.59. The second-order valence-electron chi connectivity index (χ2n) is 6.69. The molecule has 4 rings (SSSR count). The first kappa shape index (κ1) is 16.8. The second kappa shape index (κ2) is 6.90. The van der Waals surface area contributed by atoms with Crippen LogP contribution in [0, 0.1) is 5.82 Å². The monoisotopic (exact) mass is 356 g/mol. The molecule has 7 heteroatoms. The summed E-state index contributed by atoms with van der Waals surface area (Å²) in [6.07, 6.45) is 5.32. The van der Waals surface area contributed by atoms with Crippen molar-refractivity contribution >= 4 is 11.2 Å². The third-order valence-corrected chi connectivity index (χ3v) is 4.83. The van der Waals surface area contributed by atoms with Crippen LogP contribution in [-0.4, -0.2) is 19.5 Å². The molecule has 26 heavy (non-hydrogen) atoms. The minimum absolute atomic E-state index is 0.0372. The molecule has 0 amide bonds. The molecule has 1 aliphatic carbocycles. The Kier molecular flexibility index (Phi) is 4.44. The summed E-state index contributed by atoms with van der Waals surface area (Å²) in [7, 11) is 0. The van der Waals surface area contributed by atoms with Crippen molar-refractivity contribution in [3.63, 3.8) is 0 Å². The Morgan fingerprint density at radius 1 is 1.27 bits per heavy atom. The third kappa shape index (κ3) is 2.98. The zero-order chi connectivity index (χ0) is 18.1. The summed E-state index contributed by atoms with van der Waals surface area (Å²) in [5, 5.41) is 0. The Bertz CT molecular complexity index is 989. The van der Waals surface area contributed by atoms with Crippen molar-refractivity contribution in [2.45, 2.75) is 51.5 Å². The van der Waals surface area contributed by atoms with E-state index in [-0.39, 0.29) is 11.8 Å². The molecule has 1 N–H and O–H groups in total. The molecule has 3 aromatic rings. The van der Waals surface area contributed by atoms with Crippen LogP contribution in [0.2, 0.25) is 0 Å². The fourth-order valence-corrected chi connectivity index (χ4v) is 3.54. The average Bonchev–Trinajstić information content (AvgIpc) is 3.30. The topological polar surface area (TPSA) is 72.8 Å². The van der Waals surface area contributed by atoms with Gasteiger partial charge in [0.05, 0.1) is 0 Å². The molecule has 0 radical (unpaired) electrons. The van der Waals surface area contributed by atoms with Gasteiger partial charge < -0.3 is 9.72 Å². The maximum atomic E-state index is 14.0. The smallest absolute Gasteiger partial charge is 0.307 e. The number of aryl methyl sites for hydroxylation is 1. The molecule has 2 heterocycles. The van der Waals surface area contributed by atoms with E-state index < -0.39 is 11.4 Å². The van der Waals surface area contributed by atoms with Crippen molar-refractivity contribution in [2.24, 2.45) is 0 Å². The summed E-state index contributed by atoms with van der Waals surface area (Å²) < 4.78 is 21.3. The molecule has 0 atom stereocenters. The van der Waals surface area contributed by atoms with Gasteiger partial charge in [0, 0.05) is 12.5 Å². The average molecular weight is 356 g/mol. The van der Waals surface area contributed by atoms with E-state index in [1.807, 2.05) is 6.92 Å². The van der Waals surface area contributed by atoms with Crippen LogP contribution in [0.5, 0.6) is 11.8 Å². The van der Waals surface area contributed by atoms with Crippen LogP contribution >= 0.6 is 0 Å². The third-order valence-electron chi connectivity index (χ3n) is 4.83. The Morgan fingerprint density at radius 3 is 2.77 bits per heavy atom. The second-order valence-corrected chi connectivity index (χ2v) is 6.69. The molecule has 2 aromatic heterocycles. The lowest BCUT2D eigenvalue weighted by Gasteiger charge is -2.12. The van der Waals surface area contributed by atoms with Gasteiger partial charge >= 0.3 is 11.6 Å². The predicted octanol–water partition coefficient (Wildman–Crippen LogP) is 4.12. The molecule has 1 aliphatic rings. The number of hydrogen-bond acceptors (Lipinski definition) is 4. The summed E-state index contributed by atoms with van der Waals surface area (Å²) in [5.74, 6) is 0.728. The number of nitrogens with one attached hydrogen (secondary N) is 1. The quantitative estimate of drug-likeness (QED) is 0.746. The molecular formula is C19H21FN4O2.